The zero-order valence-electron chi connectivity index (χ0n) is 15.5. The van der Waals surface area contributed by atoms with Crippen molar-refractivity contribution < 1.29 is 8.42 Å². The van der Waals surface area contributed by atoms with Crippen LogP contribution in [-0.4, -0.2) is 36.5 Å². The second kappa shape index (κ2) is 7.85. The Bertz CT molecular complexity index is 1000. The molecule has 9 heteroatoms. The maximum absolute atomic E-state index is 13.5. The first kappa shape index (κ1) is 19.4. The molecule has 0 atom stereocenters. The Labute approximate surface area is 167 Å². The van der Waals surface area contributed by atoms with E-state index in [0.717, 1.165) is 66.6 Å². The molecule has 1 fully saturated rings. The van der Waals surface area contributed by atoms with Crippen LogP contribution >= 0.6 is 23.1 Å². The summed E-state index contributed by atoms with van der Waals surface area (Å²) in [7, 11) is -3.20. The third kappa shape index (κ3) is 4.11. The van der Waals surface area contributed by atoms with E-state index in [1.807, 2.05) is 4.57 Å². The van der Waals surface area contributed by atoms with Crippen molar-refractivity contribution in [1.82, 2.24) is 14.3 Å². The van der Waals surface area contributed by atoms with Crippen molar-refractivity contribution in [2.75, 3.05) is 18.6 Å². The molecule has 2 aliphatic carbocycles. The molecule has 0 bridgehead atoms. The Hall–Kier alpha value is -0.900. The molecule has 148 valence electrons. The SMILES string of the molecule is CS(=O)(=O)NCCSc1nc2sc3c(c2c(=O)n1C1CCCC1)CCCC3. The van der Waals surface area contributed by atoms with Crippen molar-refractivity contribution >= 4 is 43.3 Å². The number of thiophene rings is 1. The number of aromatic nitrogens is 2. The topological polar surface area (TPSA) is 81.1 Å². The van der Waals surface area contributed by atoms with Gasteiger partial charge in [0.2, 0.25) is 10.0 Å². The first-order valence-corrected chi connectivity index (χ1v) is 13.3. The number of hydrogen-bond acceptors (Lipinski definition) is 6. The molecule has 0 radical (unpaired) electrons. The van der Waals surface area contributed by atoms with Crippen LogP contribution in [0.3, 0.4) is 0 Å². The lowest BCUT2D eigenvalue weighted by atomic mass is 9.97. The van der Waals surface area contributed by atoms with Gasteiger partial charge in [0.05, 0.1) is 11.6 Å². The van der Waals surface area contributed by atoms with Crippen molar-refractivity contribution in [2.45, 2.75) is 62.6 Å². The predicted octanol–water partition coefficient (Wildman–Crippen LogP) is 3.09. The van der Waals surface area contributed by atoms with Gasteiger partial charge in [-0.15, -0.1) is 11.3 Å². The zero-order chi connectivity index (χ0) is 19.0. The Morgan fingerprint density at radius 3 is 2.70 bits per heavy atom. The monoisotopic (exact) mass is 427 g/mol. The lowest BCUT2D eigenvalue weighted by molar-refractivity contribution is 0.457. The summed E-state index contributed by atoms with van der Waals surface area (Å²) in [5.41, 5.74) is 1.35. The number of thioether (sulfide) groups is 1. The van der Waals surface area contributed by atoms with Gasteiger partial charge in [-0.25, -0.2) is 18.1 Å². The van der Waals surface area contributed by atoms with Gasteiger partial charge in [-0.2, -0.15) is 0 Å². The number of hydrogen-bond donors (Lipinski definition) is 1. The van der Waals surface area contributed by atoms with E-state index in [9.17, 15) is 13.2 Å². The highest BCUT2D eigenvalue weighted by Gasteiger charge is 2.26. The van der Waals surface area contributed by atoms with Crippen molar-refractivity contribution in [3.05, 3.63) is 20.8 Å². The molecular formula is C18H25N3O3S3. The standard InChI is InChI=1S/C18H25N3O3S3/c1-27(23,24)19-10-11-25-18-20-16-15(13-8-4-5-9-14(13)26-16)17(22)21(18)12-6-2-3-7-12/h12,19H,2-11H2,1H3. The first-order chi connectivity index (χ1) is 12.9. The molecule has 0 unspecified atom stereocenters. The van der Waals surface area contributed by atoms with Crippen LogP contribution in [-0.2, 0) is 22.9 Å². The highest BCUT2D eigenvalue weighted by Crippen LogP contribution is 2.37. The van der Waals surface area contributed by atoms with E-state index in [4.69, 9.17) is 4.98 Å². The lowest BCUT2D eigenvalue weighted by Crippen LogP contribution is -2.28. The van der Waals surface area contributed by atoms with E-state index >= 15 is 0 Å². The fraction of sp³-hybridized carbons (Fsp3) is 0.667. The Morgan fingerprint density at radius 1 is 1.22 bits per heavy atom. The highest BCUT2D eigenvalue weighted by atomic mass is 32.2. The van der Waals surface area contributed by atoms with E-state index < -0.39 is 10.0 Å². The number of fused-ring (bicyclic) bond motifs is 3. The molecule has 2 heterocycles. The van der Waals surface area contributed by atoms with Gasteiger partial charge in [0, 0.05) is 23.2 Å². The average Bonchev–Trinajstić information content (AvgIpc) is 3.25. The van der Waals surface area contributed by atoms with E-state index in [0.29, 0.717) is 12.3 Å². The number of nitrogens with zero attached hydrogens (tertiary/aromatic N) is 2. The maximum atomic E-state index is 13.5. The Balaban J connectivity index is 1.72. The summed E-state index contributed by atoms with van der Waals surface area (Å²) >= 11 is 3.15. The minimum absolute atomic E-state index is 0.116. The molecule has 4 rings (SSSR count). The molecule has 0 aliphatic heterocycles. The fourth-order valence-corrected chi connectivity index (χ4v) is 6.98. The Morgan fingerprint density at radius 2 is 1.96 bits per heavy atom. The molecule has 27 heavy (non-hydrogen) atoms. The Kier molecular flexibility index (Phi) is 5.64. The third-order valence-corrected chi connectivity index (χ3v) is 8.24. The van der Waals surface area contributed by atoms with Gasteiger partial charge in [-0.05, 0) is 44.1 Å². The summed E-state index contributed by atoms with van der Waals surface area (Å²) in [5.74, 6) is 0.558. The van der Waals surface area contributed by atoms with Gasteiger partial charge in [0.25, 0.3) is 5.56 Å². The molecule has 2 aromatic rings. The summed E-state index contributed by atoms with van der Waals surface area (Å²) in [6, 6.07) is 0.221. The van der Waals surface area contributed by atoms with Gasteiger partial charge >= 0.3 is 0 Å². The van der Waals surface area contributed by atoms with Gasteiger partial charge in [-0.3, -0.25) is 9.36 Å². The molecule has 2 aliphatic rings. The largest absolute Gasteiger partial charge is 0.284 e. The zero-order valence-corrected chi connectivity index (χ0v) is 17.9. The van der Waals surface area contributed by atoms with Crippen LogP contribution in [0.4, 0.5) is 0 Å². The van der Waals surface area contributed by atoms with Crippen LogP contribution in [0, 0.1) is 0 Å². The van der Waals surface area contributed by atoms with Crippen molar-refractivity contribution in [1.29, 1.82) is 0 Å². The van der Waals surface area contributed by atoms with Crippen molar-refractivity contribution in [3.63, 3.8) is 0 Å². The molecule has 0 amide bonds. The van der Waals surface area contributed by atoms with Crippen molar-refractivity contribution in [2.24, 2.45) is 0 Å². The molecular weight excluding hydrogens is 402 g/mol. The molecule has 0 aromatic carbocycles. The van der Waals surface area contributed by atoms with Crippen LogP contribution in [0.5, 0.6) is 0 Å². The predicted molar refractivity (Wildman–Crippen MR) is 112 cm³/mol. The minimum atomic E-state index is -3.20. The number of aryl methyl sites for hydroxylation is 2. The van der Waals surface area contributed by atoms with Crippen molar-refractivity contribution in [3.8, 4) is 0 Å². The smallest absolute Gasteiger partial charge is 0.263 e. The van der Waals surface area contributed by atoms with E-state index in [1.165, 1.54) is 28.6 Å². The normalized spacial score (nSPS) is 18.3. The highest BCUT2D eigenvalue weighted by molar-refractivity contribution is 7.99. The van der Waals surface area contributed by atoms with Crippen LogP contribution in [0.2, 0.25) is 0 Å². The van der Waals surface area contributed by atoms with E-state index in [2.05, 4.69) is 4.72 Å². The number of sulfonamides is 1. The quantitative estimate of drug-likeness (QED) is 0.435. The minimum Gasteiger partial charge on any atom is -0.284 e. The molecule has 1 saturated carbocycles. The second-order valence-electron chi connectivity index (χ2n) is 7.41. The number of nitrogens with one attached hydrogen (secondary N) is 1. The van der Waals surface area contributed by atoms with Crippen LogP contribution in [0.1, 0.15) is 55.0 Å². The summed E-state index contributed by atoms with van der Waals surface area (Å²) in [5, 5.41) is 1.59. The van der Waals surface area contributed by atoms with Crippen LogP contribution in [0.25, 0.3) is 10.2 Å². The maximum Gasteiger partial charge on any atom is 0.263 e. The number of rotatable bonds is 6. The summed E-state index contributed by atoms with van der Waals surface area (Å²) in [6.45, 7) is 0.336. The molecule has 6 nitrogen and oxygen atoms in total. The summed E-state index contributed by atoms with van der Waals surface area (Å²) < 4.78 is 27.0. The van der Waals surface area contributed by atoms with Gasteiger partial charge in [0.15, 0.2) is 5.16 Å². The summed E-state index contributed by atoms with van der Waals surface area (Å²) in [4.78, 5) is 20.5. The second-order valence-corrected chi connectivity index (χ2v) is 11.4. The molecule has 0 spiro atoms. The van der Waals surface area contributed by atoms with E-state index in [-0.39, 0.29) is 11.6 Å². The lowest BCUT2D eigenvalue weighted by Gasteiger charge is -2.18. The first-order valence-electron chi connectivity index (χ1n) is 9.58. The van der Waals surface area contributed by atoms with Gasteiger partial charge < -0.3 is 0 Å². The molecule has 2 aromatic heterocycles. The van der Waals surface area contributed by atoms with Gasteiger partial charge in [0.1, 0.15) is 4.83 Å². The average molecular weight is 428 g/mol. The van der Waals surface area contributed by atoms with E-state index in [1.54, 1.807) is 11.3 Å². The fourth-order valence-electron chi connectivity index (χ4n) is 4.15. The van der Waals surface area contributed by atoms with Crippen LogP contribution in [0.15, 0.2) is 9.95 Å². The molecule has 0 saturated heterocycles. The third-order valence-electron chi connectivity index (χ3n) is 5.38. The molecule has 1 N–H and O–H groups in total. The summed E-state index contributed by atoms with van der Waals surface area (Å²) in [6.07, 6.45) is 9.88. The van der Waals surface area contributed by atoms with Gasteiger partial charge in [-0.1, -0.05) is 24.6 Å². The van der Waals surface area contributed by atoms with Crippen LogP contribution < -0.4 is 10.3 Å².